The summed E-state index contributed by atoms with van der Waals surface area (Å²) in [7, 11) is 1.63. The second kappa shape index (κ2) is 7.04. The highest BCUT2D eigenvalue weighted by Gasteiger charge is 2.28. The van der Waals surface area contributed by atoms with Crippen LogP contribution < -0.4 is 5.73 Å². The van der Waals surface area contributed by atoms with E-state index in [-0.39, 0.29) is 0 Å². The summed E-state index contributed by atoms with van der Waals surface area (Å²) in [5, 5.41) is 10.7. The number of methoxy groups -OCH3 is 1. The van der Waals surface area contributed by atoms with Crippen LogP contribution in [0.2, 0.25) is 0 Å². The molecule has 0 aliphatic rings. The first-order valence-corrected chi connectivity index (χ1v) is 6.90. The highest BCUT2D eigenvalue weighted by atomic mass is 16.5. The molecule has 0 aromatic heterocycles. The van der Waals surface area contributed by atoms with Gasteiger partial charge in [0.25, 0.3) is 0 Å². The predicted molar refractivity (Wildman–Crippen MR) is 79.5 cm³/mol. The maximum atomic E-state index is 10.7. The molecule has 1 unspecified atom stereocenters. The second-order valence-corrected chi connectivity index (χ2v) is 5.60. The number of hydrogen-bond acceptors (Lipinski definition) is 3. The van der Waals surface area contributed by atoms with E-state index in [9.17, 15) is 5.11 Å². The molecule has 0 heterocycles. The average molecular weight is 265 g/mol. The van der Waals surface area contributed by atoms with E-state index in [0.717, 1.165) is 6.42 Å². The maximum Gasteiger partial charge on any atom is 0.0920 e. The van der Waals surface area contributed by atoms with Crippen molar-refractivity contribution in [2.24, 2.45) is 5.73 Å². The van der Waals surface area contributed by atoms with E-state index >= 15 is 0 Å². The lowest BCUT2D eigenvalue weighted by molar-refractivity contribution is -0.0377. The third-order valence-electron chi connectivity index (χ3n) is 3.61. The topological polar surface area (TPSA) is 55.5 Å². The molecule has 3 nitrogen and oxygen atoms in total. The Morgan fingerprint density at radius 3 is 2.26 bits per heavy atom. The lowest BCUT2D eigenvalue weighted by atomic mass is 9.86. The van der Waals surface area contributed by atoms with Crippen molar-refractivity contribution < 1.29 is 9.84 Å². The maximum absolute atomic E-state index is 10.7. The van der Waals surface area contributed by atoms with Crippen LogP contribution in [0.3, 0.4) is 0 Å². The number of hydrogen-bond donors (Lipinski definition) is 2. The Hall–Kier alpha value is -0.900. The highest BCUT2D eigenvalue weighted by molar-refractivity contribution is 5.38. The number of ether oxygens (including phenoxy) is 1. The Labute approximate surface area is 116 Å². The Bertz CT molecular complexity index is 394. The molecular weight excluding hydrogens is 238 g/mol. The highest BCUT2D eigenvalue weighted by Crippen LogP contribution is 2.25. The molecule has 0 amide bonds. The number of aryl methyl sites for hydroxylation is 3. The summed E-state index contributed by atoms with van der Waals surface area (Å²) in [6.45, 7) is 7.24. The molecule has 1 atom stereocenters. The Morgan fingerprint density at radius 2 is 1.79 bits per heavy atom. The lowest BCUT2D eigenvalue weighted by Gasteiger charge is -2.29. The summed E-state index contributed by atoms with van der Waals surface area (Å²) in [5.41, 5.74) is 9.69. The fourth-order valence-corrected chi connectivity index (χ4v) is 2.73. The molecule has 1 aromatic carbocycles. The van der Waals surface area contributed by atoms with Gasteiger partial charge in [0.1, 0.15) is 0 Å². The smallest absolute Gasteiger partial charge is 0.0920 e. The van der Waals surface area contributed by atoms with Crippen molar-refractivity contribution >= 4 is 0 Å². The van der Waals surface area contributed by atoms with Gasteiger partial charge in [-0.3, -0.25) is 0 Å². The van der Waals surface area contributed by atoms with Crippen LogP contribution in [0.4, 0.5) is 0 Å². The molecule has 1 rings (SSSR count). The van der Waals surface area contributed by atoms with Crippen LogP contribution in [-0.2, 0) is 11.2 Å². The standard InChI is InChI=1S/C16H27NO2/c1-12-8-13(2)15(14(3)9-12)10-16(18,11-19-4)6-5-7-17/h8-9,18H,5-7,10-11,17H2,1-4H3. The third-order valence-corrected chi connectivity index (χ3v) is 3.61. The van der Waals surface area contributed by atoms with Gasteiger partial charge in [0, 0.05) is 13.5 Å². The zero-order chi connectivity index (χ0) is 14.5. The number of aliphatic hydroxyl groups is 1. The quantitative estimate of drug-likeness (QED) is 0.795. The van der Waals surface area contributed by atoms with Crippen molar-refractivity contribution in [3.05, 3.63) is 34.4 Å². The normalized spacial score (nSPS) is 14.4. The zero-order valence-electron chi connectivity index (χ0n) is 12.6. The molecule has 0 radical (unpaired) electrons. The molecule has 108 valence electrons. The summed E-state index contributed by atoms with van der Waals surface area (Å²) in [5.74, 6) is 0. The van der Waals surface area contributed by atoms with Crippen LogP contribution in [-0.4, -0.2) is 31.0 Å². The Kier molecular flexibility index (Phi) is 5.98. The molecule has 0 saturated heterocycles. The first kappa shape index (κ1) is 16.2. The Morgan fingerprint density at radius 1 is 1.21 bits per heavy atom. The van der Waals surface area contributed by atoms with Crippen molar-refractivity contribution in [1.29, 1.82) is 0 Å². The van der Waals surface area contributed by atoms with Gasteiger partial charge < -0.3 is 15.6 Å². The van der Waals surface area contributed by atoms with E-state index in [0.29, 0.717) is 26.0 Å². The molecule has 0 fully saturated rings. The van der Waals surface area contributed by atoms with E-state index in [1.165, 1.54) is 22.3 Å². The van der Waals surface area contributed by atoms with E-state index in [4.69, 9.17) is 10.5 Å². The third kappa shape index (κ3) is 4.60. The summed E-state index contributed by atoms with van der Waals surface area (Å²) in [6, 6.07) is 4.33. The van der Waals surface area contributed by atoms with Gasteiger partial charge >= 0.3 is 0 Å². The van der Waals surface area contributed by atoms with Crippen LogP contribution in [0.25, 0.3) is 0 Å². The first-order chi connectivity index (χ1) is 8.91. The van der Waals surface area contributed by atoms with Gasteiger partial charge in [0.15, 0.2) is 0 Å². The molecular formula is C16H27NO2. The van der Waals surface area contributed by atoms with Crippen molar-refractivity contribution in [2.45, 2.75) is 45.6 Å². The van der Waals surface area contributed by atoms with Crippen LogP contribution in [0.5, 0.6) is 0 Å². The molecule has 3 N–H and O–H groups in total. The molecule has 0 saturated carbocycles. The van der Waals surface area contributed by atoms with Crippen LogP contribution >= 0.6 is 0 Å². The molecule has 19 heavy (non-hydrogen) atoms. The lowest BCUT2D eigenvalue weighted by Crippen LogP contribution is -2.37. The number of nitrogens with two attached hydrogens (primary N) is 1. The molecule has 0 spiro atoms. The fraction of sp³-hybridized carbons (Fsp3) is 0.625. The van der Waals surface area contributed by atoms with E-state index in [1.54, 1.807) is 7.11 Å². The van der Waals surface area contributed by atoms with Crippen molar-refractivity contribution in [1.82, 2.24) is 0 Å². The van der Waals surface area contributed by atoms with Crippen molar-refractivity contribution in [3.8, 4) is 0 Å². The van der Waals surface area contributed by atoms with E-state index in [2.05, 4.69) is 32.9 Å². The van der Waals surface area contributed by atoms with Gasteiger partial charge in [-0.2, -0.15) is 0 Å². The average Bonchev–Trinajstić information content (AvgIpc) is 2.32. The summed E-state index contributed by atoms with van der Waals surface area (Å²) >= 11 is 0. The van der Waals surface area contributed by atoms with E-state index < -0.39 is 5.60 Å². The monoisotopic (exact) mass is 265 g/mol. The van der Waals surface area contributed by atoms with Crippen LogP contribution in [0.15, 0.2) is 12.1 Å². The van der Waals surface area contributed by atoms with Gasteiger partial charge in [0.05, 0.1) is 12.2 Å². The minimum absolute atomic E-state index is 0.347. The molecule has 3 heteroatoms. The predicted octanol–water partition coefficient (Wildman–Crippen LogP) is 2.27. The van der Waals surface area contributed by atoms with Gasteiger partial charge in [-0.15, -0.1) is 0 Å². The zero-order valence-corrected chi connectivity index (χ0v) is 12.6. The van der Waals surface area contributed by atoms with Crippen molar-refractivity contribution in [3.63, 3.8) is 0 Å². The summed E-state index contributed by atoms with van der Waals surface area (Å²) in [6.07, 6.45) is 2.10. The summed E-state index contributed by atoms with van der Waals surface area (Å²) in [4.78, 5) is 0. The van der Waals surface area contributed by atoms with Crippen LogP contribution in [0, 0.1) is 20.8 Å². The van der Waals surface area contributed by atoms with Gasteiger partial charge in [0.2, 0.25) is 0 Å². The largest absolute Gasteiger partial charge is 0.387 e. The first-order valence-electron chi connectivity index (χ1n) is 6.90. The second-order valence-electron chi connectivity index (χ2n) is 5.60. The molecule has 0 aliphatic carbocycles. The number of benzene rings is 1. The SMILES string of the molecule is COCC(O)(CCCN)Cc1c(C)cc(C)cc1C. The molecule has 0 bridgehead atoms. The van der Waals surface area contributed by atoms with Crippen LogP contribution in [0.1, 0.15) is 35.1 Å². The molecule has 0 aliphatic heterocycles. The van der Waals surface area contributed by atoms with E-state index in [1.807, 2.05) is 0 Å². The minimum atomic E-state index is -0.821. The Balaban J connectivity index is 2.96. The van der Waals surface area contributed by atoms with Gasteiger partial charge in [-0.25, -0.2) is 0 Å². The molecule has 1 aromatic rings. The fourth-order valence-electron chi connectivity index (χ4n) is 2.73. The minimum Gasteiger partial charge on any atom is -0.387 e. The van der Waals surface area contributed by atoms with Gasteiger partial charge in [-0.05, 0) is 56.8 Å². The van der Waals surface area contributed by atoms with Crippen molar-refractivity contribution in [2.75, 3.05) is 20.3 Å². The van der Waals surface area contributed by atoms with Gasteiger partial charge in [-0.1, -0.05) is 17.7 Å². The number of rotatable bonds is 7. The summed E-state index contributed by atoms with van der Waals surface area (Å²) < 4.78 is 5.19.